The van der Waals surface area contributed by atoms with Crippen molar-refractivity contribution in [2.75, 3.05) is 6.54 Å². The number of nitrogens with zero attached hydrogens (tertiary/aromatic N) is 4. The van der Waals surface area contributed by atoms with Crippen LogP contribution in [0.5, 0.6) is 0 Å². The Morgan fingerprint density at radius 1 is 0.973 bits per heavy atom. The third-order valence-electron chi connectivity index (χ3n) is 5.97. The Labute approximate surface area is 212 Å². The molecule has 1 amide bonds. The van der Waals surface area contributed by atoms with Crippen LogP contribution < -0.4 is 5.73 Å². The Morgan fingerprint density at radius 2 is 1.65 bits per heavy atom. The number of benzene rings is 2. The predicted octanol–water partition coefficient (Wildman–Crippen LogP) is 4.36. The van der Waals surface area contributed by atoms with Crippen LogP contribution >= 0.6 is 12.4 Å². The molecule has 37 heavy (non-hydrogen) atoms. The van der Waals surface area contributed by atoms with Crippen molar-refractivity contribution in [3.63, 3.8) is 0 Å². The quantitative estimate of drug-likeness (QED) is 0.365. The number of carbonyl (C=O) groups is 1. The molecule has 6 nitrogen and oxygen atoms in total. The number of aromatic nitrogens is 3. The number of rotatable bonds is 6. The fourth-order valence-corrected chi connectivity index (χ4v) is 4.28. The van der Waals surface area contributed by atoms with Crippen LogP contribution in [-0.2, 0) is 30.4 Å². The minimum atomic E-state index is -4.78. The van der Waals surface area contributed by atoms with Crippen LogP contribution in [0.15, 0.2) is 36.4 Å². The monoisotopic (exact) mass is 551 g/mol. The maximum absolute atomic E-state index is 14.4. The third-order valence-corrected chi connectivity index (χ3v) is 5.97. The third kappa shape index (κ3) is 6.04. The summed E-state index contributed by atoms with van der Waals surface area (Å²) in [6.45, 7) is -0.429. The van der Waals surface area contributed by atoms with E-state index in [0.29, 0.717) is 12.1 Å². The van der Waals surface area contributed by atoms with E-state index >= 15 is 0 Å². The molecule has 14 heteroatoms. The number of alkyl halides is 3. The minimum Gasteiger partial charge on any atom is -0.330 e. The Balaban J connectivity index is 0.00000380. The van der Waals surface area contributed by atoms with Crippen LogP contribution in [0.2, 0.25) is 0 Å². The average molecular weight is 552 g/mol. The molecule has 0 saturated heterocycles. The molecule has 0 bridgehead atoms. The Morgan fingerprint density at radius 3 is 2.32 bits per heavy atom. The predicted molar refractivity (Wildman–Crippen MR) is 119 cm³/mol. The molecule has 2 atom stereocenters. The Hall–Kier alpha value is -3.19. The molecule has 2 N–H and O–H groups in total. The second-order valence-electron chi connectivity index (χ2n) is 8.46. The molecule has 200 valence electrons. The van der Waals surface area contributed by atoms with E-state index in [1.54, 1.807) is 6.07 Å². The number of hydrogen-bond donors (Lipinski definition) is 1. The van der Waals surface area contributed by atoms with Gasteiger partial charge in [0.05, 0.1) is 6.04 Å². The fourth-order valence-electron chi connectivity index (χ4n) is 4.28. The summed E-state index contributed by atoms with van der Waals surface area (Å²) < 4.78 is 96.0. The molecule has 1 aliphatic rings. The van der Waals surface area contributed by atoms with Gasteiger partial charge in [0.25, 0.3) is 0 Å². The lowest BCUT2D eigenvalue weighted by atomic mass is 9.99. The van der Waals surface area contributed by atoms with Crippen molar-refractivity contribution in [1.29, 1.82) is 0 Å². The second-order valence-corrected chi connectivity index (χ2v) is 8.46. The number of hydrogen-bond acceptors (Lipinski definition) is 4. The molecule has 1 aromatic heterocycles. The standard InChI is InChI=1S/C23H20F7N5O.ClH/c24-15-4-2-1-3-12(15)9-19-21-32-33-22(23(28,29)30)35(21)6-5-34(19)20(36)10-14(31)7-13-8-17(26)18(27)11-16(13)25;/h1-4,8,11,14,19H,5-7,9-10,31H2;1H/t14-,19-;/m1./s1. The lowest BCUT2D eigenvalue weighted by Gasteiger charge is -2.36. The summed E-state index contributed by atoms with van der Waals surface area (Å²) in [6.07, 6.45) is -5.64. The SMILES string of the molecule is Cl.N[C@@H](CC(=O)N1CCn2c(nnc2C(F)(F)F)[C@H]1Cc1ccccc1F)Cc1cc(F)c(F)cc1F. The molecule has 1 aliphatic heterocycles. The van der Waals surface area contributed by atoms with Gasteiger partial charge in [-0.15, -0.1) is 22.6 Å². The first kappa shape index (κ1) is 28.4. The molecule has 3 aromatic rings. The Bertz CT molecular complexity index is 1280. The molecule has 2 heterocycles. The number of halogens is 8. The van der Waals surface area contributed by atoms with E-state index in [1.807, 2.05) is 0 Å². The maximum atomic E-state index is 14.4. The largest absolute Gasteiger partial charge is 0.451 e. The van der Waals surface area contributed by atoms with Gasteiger partial charge in [0.15, 0.2) is 17.5 Å². The molecule has 0 spiro atoms. The van der Waals surface area contributed by atoms with Gasteiger partial charge in [0.2, 0.25) is 11.7 Å². The van der Waals surface area contributed by atoms with Crippen molar-refractivity contribution < 1.29 is 35.5 Å². The van der Waals surface area contributed by atoms with E-state index in [0.717, 1.165) is 4.57 Å². The number of nitrogens with two attached hydrogens (primary N) is 1. The van der Waals surface area contributed by atoms with E-state index in [-0.39, 0.29) is 61.7 Å². The highest BCUT2D eigenvalue weighted by atomic mass is 35.5. The van der Waals surface area contributed by atoms with Gasteiger partial charge in [-0.2, -0.15) is 13.2 Å². The second kappa shape index (κ2) is 11.1. The van der Waals surface area contributed by atoms with Crippen molar-refractivity contribution in [3.05, 3.63) is 82.4 Å². The highest BCUT2D eigenvalue weighted by Gasteiger charge is 2.43. The molecule has 0 radical (unpaired) electrons. The maximum Gasteiger partial charge on any atom is 0.451 e. The summed E-state index contributed by atoms with van der Waals surface area (Å²) in [5.74, 6) is -6.27. The first-order valence-electron chi connectivity index (χ1n) is 10.9. The van der Waals surface area contributed by atoms with Crippen molar-refractivity contribution in [2.24, 2.45) is 5.73 Å². The van der Waals surface area contributed by atoms with E-state index in [2.05, 4.69) is 10.2 Å². The number of fused-ring (bicyclic) bond motifs is 1. The molecule has 4 rings (SSSR count). The fraction of sp³-hybridized carbons (Fsp3) is 0.348. The van der Waals surface area contributed by atoms with Crippen molar-refractivity contribution in [2.45, 2.75) is 44.1 Å². The topological polar surface area (TPSA) is 77.0 Å². The zero-order chi connectivity index (χ0) is 26.2. The molecular weight excluding hydrogens is 531 g/mol. The Kier molecular flexibility index (Phi) is 8.48. The molecule has 0 unspecified atom stereocenters. The summed E-state index contributed by atoms with van der Waals surface area (Å²) in [4.78, 5) is 14.4. The van der Waals surface area contributed by atoms with E-state index in [4.69, 9.17) is 5.73 Å². The summed E-state index contributed by atoms with van der Waals surface area (Å²) >= 11 is 0. The van der Waals surface area contributed by atoms with Crippen LogP contribution in [0.4, 0.5) is 30.7 Å². The lowest BCUT2D eigenvalue weighted by molar-refractivity contribution is -0.148. The first-order chi connectivity index (χ1) is 17.0. The van der Waals surface area contributed by atoms with Crippen LogP contribution in [-0.4, -0.2) is 38.2 Å². The van der Waals surface area contributed by atoms with Crippen LogP contribution in [0.1, 0.15) is 35.2 Å². The minimum absolute atomic E-state index is 0. The molecule has 0 saturated carbocycles. The van der Waals surface area contributed by atoms with E-state index in [9.17, 15) is 35.5 Å². The smallest absolute Gasteiger partial charge is 0.330 e. The van der Waals surface area contributed by atoms with Crippen molar-refractivity contribution in [1.82, 2.24) is 19.7 Å². The van der Waals surface area contributed by atoms with Gasteiger partial charge in [-0.1, -0.05) is 18.2 Å². The van der Waals surface area contributed by atoms with Crippen LogP contribution in [0, 0.1) is 23.3 Å². The molecular formula is C23H21ClF7N5O. The average Bonchev–Trinajstić information content (AvgIpc) is 3.24. The van der Waals surface area contributed by atoms with Crippen LogP contribution in [0.25, 0.3) is 0 Å². The first-order valence-corrected chi connectivity index (χ1v) is 10.9. The van der Waals surface area contributed by atoms with Gasteiger partial charge in [-0.3, -0.25) is 4.79 Å². The van der Waals surface area contributed by atoms with Crippen molar-refractivity contribution >= 4 is 18.3 Å². The van der Waals surface area contributed by atoms with Gasteiger partial charge in [-0.25, -0.2) is 17.6 Å². The summed E-state index contributed by atoms with van der Waals surface area (Å²) in [5.41, 5.74) is 5.90. The van der Waals surface area contributed by atoms with Gasteiger partial charge < -0.3 is 15.2 Å². The summed E-state index contributed by atoms with van der Waals surface area (Å²) in [7, 11) is 0. The van der Waals surface area contributed by atoms with E-state index in [1.165, 1.54) is 23.1 Å². The van der Waals surface area contributed by atoms with Gasteiger partial charge in [0, 0.05) is 38.0 Å². The number of carbonyl (C=O) groups excluding carboxylic acids is 1. The van der Waals surface area contributed by atoms with Crippen LogP contribution in [0.3, 0.4) is 0 Å². The zero-order valence-corrected chi connectivity index (χ0v) is 19.8. The molecule has 0 fully saturated rings. The lowest BCUT2D eigenvalue weighted by Crippen LogP contribution is -2.46. The summed E-state index contributed by atoms with van der Waals surface area (Å²) in [5, 5.41) is 6.90. The molecule has 0 aliphatic carbocycles. The van der Waals surface area contributed by atoms with E-state index < -0.39 is 53.3 Å². The van der Waals surface area contributed by atoms with Gasteiger partial charge in [-0.05, 0) is 29.7 Å². The number of amides is 1. The van der Waals surface area contributed by atoms with Gasteiger partial charge in [0.1, 0.15) is 11.6 Å². The van der Waals surface area contributed by atoms with Gasteiger partial charge >= 0.3 is 6.18 Å². The normalized spacial score (nSPS) is 16.2. The highest BCUT2D eigenvalue weighted by molar-refractivity contribution is 5.85. The summed E-state index contributed by atoms with van der Waals surface area (Å²) in [6, 6.07) is 4.54. The van der Waals surface area contributed by atoms with Crippen molar-refractivity contribution in [3.8, 4) is 0 Å². The zero-order valence-electron chi connectivity index (χ0n) is 19.0. The highest BCUT2D eigenvalue weighted by Crippen LogP contribution is 2.35. The molecule has 2 aromatic carbocycles.